The minimum absolute atomic E-state index is 0.775. The number of benzene rings is 3. The van der Waals surface area contributed by atoms with E-state index in [-0.39, 0.29) is 0 Å². The van der Waals surface area contributed by atoms with Crippen LogP contribution >= 0.6 is 0 Å². The molecule has 0 saturated carbocycles. The molecule has 2 heteroatoms. The summed E-state index contributed by atoms with van der Waals surface area (Å²) in [7, 11) is 1.96. The topological polar surface area (TPSA) is 17.8 Å². The molecule has 0 radical (unpaired) electrons. The van der Waals surface area contributed by atoms with E-state index in [9.17, 15) is 0 Å². The zero-order valence-corrected chi connectivity index (χ0v) is 12.2. The lowest BCUT2D eigenvalue weighted by atomic mass is 9.97. The average Bonchev–Trinajstić information content (AvgIpc) is 2.96. The number of fused-ring (bicyclic) bond motifs is 2. The van der Waals surface area contributed by atoms with Gasteiger partial charge in [0.1, 0.15) is 0 Å². The number of rotatable bonds is 0. The first-order valence-electron chi connectivity index (χ1n) is 7.23. The summed E-state index contributed by atoms with van der Waals surface area (Å²) in [6.07, 6.45) is 3.68. The van der Waals surface area contributed by atoms with Gasteiger partial charge in [0.2, 0.25) is 0 Å². The molecule has 1 aromatic heterocycles. The minimum Gasteiger partial charge on any atom is -0.327 e. The van der Waals surface area contributed by atoms with Crippen molar-refractivity contribution in [3.8, 4) is 11.8 Å². The monoisotopic (exact) mass is 282 g/mol. The number of nitrogens with zero attached hydrogens (tertiary/aromatic N) is 2. The van der Waals surface area contributed by atoms with Gasteiger partial charge in [-0.15, -0.1) is 0 Å². The van der Waals surface area contributed by atoms with Crippen molar-refractivity contribution in [1.82, 2.24) is 9.55 Å². The predicted molar refractivity (Wildman–Crippen MR) is 90.6 cm³/mol. The van der Waals surface area contributed by atoms with E-state index < -0.39 is 0 Å². The van der Waals surface area contributed by atoms with E-state index >= 15 is 0 Å². The molecule has 0 bridgehead atoms. The first-order chi connectivity index (χ1) is 10.8. The highest BCUT2D eigenvalue weighted by Gasteiger charge is 2.05. The third-order valence-corrected chi connectivity index (χ3v) is 3.89. The second-order valence-corrected chi connectivity index (χ2v) is 5.31. The quantitative estimate of drug-likeness (QED) is 0.350. The molecule has 0 unspecified atom stereocenters. The average molecular weight is 282 g/mol. The molecule has 0 spiro atoms. The fourth-order valence-corrected chi connectivity index (χ4v) is 2.75. The molecule has 0 aliphatic carbocycles. The van der Waals surface area contributed by atoms with Crippen LogP contribution in [0, 0.1) is 11.8 Å². The van der Waals surface area contributed by atoms with Crippen LogP contribution in [0.3, 0.4) is 0 Å². The molecule has 0 fully saturated rings. The van der Waals surface area contributed by atoms with Gasteiger partial charge in [0.25, 0.3) is 0 Å². The van der Waals surface area contributed by atoms with Crippen LogP contribution in [0.25, 0.3) is 21.5 Å². The zero-order chi connectivity index (χ0) is 14.9. The lowest BCUT2D eigenvalue weighted by Crippen LogP contribution is -1.91. The smallest absolute Gasteiger partial charge is 0.185 e. The summed E-state index contributed by atoms with van der Waals surface area (Å²) in [6.45, 7) is 0. The Balaban J connectivity index is 2.05. The first kappa shape index (κ1) is 12.7. The lowest BCUT2D eigenvalue weighted by molar-refractivity contribution is 0.893. The molecule has 104 valence electrons. The SMILES string of the molecule is Cn1ccnc1C#Cc1c2ccccc2cc2ccccc12. The molecular weight excluding hydrogens is 268 g/mol. The van der Waals surface area contributed by atoms with E-state index in [0.29, 0.717) is 0 Å². The minimum atomic E-state index is 0.775. The van der Waals surface area contributed by atoms with Crippen LogP contribution in [-0.4, -0.2) is 9.55 Å². The van der Waals surface area contributed by atoms with Gasteiger partial charge in [-0.1, -0.05) is 54.5 Å². The summed E-state index contributed by atoms with van der Waals surface area (Å²) >= 11 is 0. The maximum atomic E-state index is 4.28. The first-order valence-corrected chi connectivity index (χ1v) is 7.23. The van der Waals surface area contributed by atoms with Crippen LogP contribution in [0.1, 0.15) is 11.4 Å². The van der Waals surface area contributed by atoms with Gasteiger partial charge in [-0.05, 0) is 33.5 Å². The number of aromatic nitrogens is 2. The van der Waals surface area contributed by atoms with Gasteiger partial charge in [-0.25, -0.2) is 4.98 Å². The van der Waals surface area contributed by atoms with Crippen molar-refractivity contribution in [1.29, 1.82) is 0 Å². The maximum Gasteiger partial charge on any atom is 0.185 e. The molecule has 0 atom stereocenters. The Morgan fingerprint density at radius 2 is 1.50 bits per heavy atom. The second kappa shape index (κ2) is 5.05. The van der Waals surface area contributed by atoms with Gasteiger partial charge < -0.3 is 4.57 Å². The van der Waals surface area contributed by atoms with Crippen molar-refractivity contribution < 1.29 is 0 Å². The summed E-state index contributed by atoms with van der Waals surface area (Å²) in [6, 6.07) is 19.0. The number of aryl methyl sites for hydroxylation is 1. The number of hydrogen-bond donors (Lipinski definition) is 0. The molecule has 0 amide bonds. The normalized spacial score (nSPS) is 10.6. The molecule has 3 aromatic carbocycles. The van der Waals surface area contributed by atoms with Gasteiger partial charge in [0, 0.05) is 25.0 Å². The van der Waals surface area contributed by atoms with Crippen LogP contribution in [0.15, 0.2) is 67.0 Å². The summed E-state index contributed by atoms with van der Waals surface area (Å²) < 4.78 is 1.93. The highest BCUT2D eigenvalue weighted by atomic mass is 15.0. The van der Waals surface area contributed by atoms with E-state index in [4.69, 9.17) is 0 Å². The summed E-state index contributed by atoms with van der Waals surface area (Å²) in [5, 5.41) is 4.79. The van der Waals surface area contributed by atoms with Gasteiger partial charge in [0.05, 0.1) is 0 Å². The summed E-state index contributed by atoms with van der Waals surface area (Å²) in [4.78, 5) is 4.28. The molecule has 4 rings (SSSR count). The molecule has 0 saturated heterocycles. The fourth-order valence-electron chi connectivity index (χ4n) is 2.75. The second-order valence-electron chi connectivity index (χ2n) is 5.31. The van der Waals surface area contributed by atoms with E-state index in [2.05, 4.69) is 71.4 Å². The standard InChI is InChI=1S/C20H14N2/c1-22-13-12-21-20(22)11-10-19-17-8-4-2-6-15(17)14-16-7-3-5-9-18(16)19/h2-9,12-14H,1H3. The van der Waals surface area contributed by atoms with Crippen molar-refractivity contribution in [2.45, 2.75) is 0 Å². The number of hydrogen-bond acceptors (Lipinski definition) is 1. The Labute approximate surface area is 129 Å². The van der Waals surface area contributed by atoms with Crippen molar-refractivity contribution in [3.63, 3.8) is 0 Å². The molecule has 0 aliphatic rings. The van der Waals surface area contributed by atoms with Crippen molar-refractivity contribution in [2.75, 3.05) is 0 Å². The van der Waals surface area contributed by atoms with E-state index in [0.717, 1.165) is 11.4 Å². The Kier molecular flexibility index (Phi) is 2.91. The molecule has 0 aliphatic heterocycles. The fraction of sp³-hybridized carbons (Fsp3) is 0.0500. The van der Waals surface area contributed by atoms with Crippen molar-refractivity contribution >= 4 is 21.5 Å². The van der Waals surface area contributed by atoms with Gasteiger partial charge in [0.15, 0.2) is 5.82 Å². The van der Waals surface area contributed by atoms with Gasteiger partial charge >= 0.3 is 0 Å². The Hall–Kier alpha value is -3.05. The van der Waals surface area contributed by atoms with Crippen molar-refractivity contribution in [3.05, 3.63) is 78.4 Å². The van der Waals surface area contributed by atoms with E-state index in [1.807, 2.05) is 17.8 Å². The molecule has 4 aromatic rings. The summed E-state index contributed by atoms with van der Waals surface area (Å²) in [5.74, 6) is 7.31. The van der Waals surface area contributed by atoms with Crippen LogP contribution in [0.2, 0.25) is 0 Å². The molecule has 1 heterocycles. The van der Waals surface area contributed by atoms with Crippen LogP contribution in [-0.2, 0) is 7.05 Å². The van der Waals surface area contributed by atoms with Gasteiger partial charge in [-0.2, -0.15) is 0 Å². The third kappa shape index (κ3) is 2.04. The summed E-state index contributed by atoms with van der Waals surface area (Å²) in [5.41, 5.74) is 1.07. The largest absolute Gasteiger partial charge is 0.327 e. The number of imidazole rings is 1. The third-order valence-electron chi connectivity index (χ3n) is 3.89. The Morgan fingerprint density at radius 3 is 2.09 bits per heavy atom. The Bertz CT molecular complexity index is 991. The van der Waals surface area contributed by atoms with Crippen LogP contribution < -0.4 is 0 Å². The highest BCUT2D eigenvalue weighted by Crippen LogP contribution is 2.27. The molecule has 2 nitrogen and oxygen atoms in total. The van der Waals surface area contributed by atoms with E-state index in [1.165, 1.54) is 21.5 Å². The van der Waals surface area contributed by atoms with Crippen LogP contribution in [0.4, 0.5) is 0 Å². The molecular formula is C20H14N2. The van der Waals surface area contributed by atoms with Gasteiger partial charge in [-0.3, -0.25) is 0 Å². The predicted octanol–water partition coefficient (Wildman–Crippen LogP) is 4.13. The highest BCUT2D eigenvalue weighted by molar-refractivity contribution is 6.04. The Morgan fingerprint density at radius 1 is 0.864 bits per heavy atom. The lowest BCUT2D eigenvalue weighted by Gasteiger charge is -2.06. The molecule has 22 heavy (non-hydrogen) atoms. The zero-order valence-electron chi connectivity index (χ0n) is 12.2. The van der Waals surface area contributed by atoms with Crippen LogP contribution in [0.5, 0.6) is 0 Å². The maximum absolute atomic E-state index is 4.28. The van der Waals surface area contributed by atoms with Crippen molar-refractivity contribution in [2.24, 2.45) is 7.05 Å². The molecule has 0 N–H and O–H groups in total. The van der Waals surface area contributed by atoms with E-state index in [1.54, 1.807) is 6.20 Å².